The lowest BCUT2D eigenvalue weighted by molar-refractivity contribution is -0.137. The van der Waals surface area contributed by atoms with Gasteiger partial charge in [0.1, 0.15) is 11.9 Å². The number of alkyl halides is 3. The Bertz CT molecular complexity index is 1070. The van der Waals surface area contributed by atoms with Crippen LogP contribution in [-0.4, -0.2) is 25.8 Å². The van der Waals surface area contributed by atoms with E-state index in [1.165, 1.54) is 12.1 Å². The van der Waals surface area contributed by atoms with Crippen molar-refractivity contribution in [2.75, 3.05) is 18.9 Å². The Kier molecular flexibility index (Phi) is 13.9. The van der Waals surface area contributed by atoms with Crippen LogP contribution in [-0.2, 0) is 10.9 Å². The standard InChI is InChI=1S/C17H18F3NO.C10H12ClNO2.ClH/c1-21-12-11-16(13-5-3-2-4-6-13)22-15-9-7-14(8-10-15)17(18,19)20;1-7(2)14-10(13)12-9-5-3-4-8(11)6-9;/h2-10,16,21H,11-12H2,1H3;3-7H,1-2H3,(H,12,13);1H. The minimum absolute atomic E-state index is 0. The summed E-state index contributed by atoms with van der Waals surface area (Å²) in [5, 5.41) is 6.20. The van der Waals surface area contributed by atoms with Crippen molar-refractivity contribution >= 4 is 35.8 Å². The number of hydrogen-bond acceptors (Lipinski definition) is 4. The second-order valence-electron chi connectivity index (χ2n) is 8.02. The number of rotatable bonds is 8. The second-order valence-corrected chi connectivity index (χ2v) is 8.46. The van der Waals surface area contributed by atoms with Crippen molar-refractivity contribution < 1.29 is 27.4 Å². The van der Waals surface area contributed by atoms with Crippen molar-refractivity contribution in [3.05, 3.63) is 95.0 Å². The SMILES string of the molecule is CC(C)OC(=O)Nc1cccc(Cl)c1.CNCCC(Oc1ccc(C(F)(F)F)cc1)c1ccccc1.Cl. The molecule has 202 valence electrons. The first kappa shape index (κ1) is 32.1. The maximum atomic E-state index is 12.6. The van der Waals surface area contributed by atoms with Gasteiger partial charge in [-0.15, -0.1) is 12.4 Å². The molecular weight excluding hydrogens is 528 g/mol. The Morgan fingerprint density at radius 3 is 2.16 bits per heavy atom. The number of ether oxygens (including phenoxy) is 2. The number of carbonyl (C=O) groups is 1. The van der Waals surface area contributed by atoms with E-state index >= 15 is 0 Å². The van der Waals surface area contributed by atoms with Gasteiger partial charge in [-0.2, -0.15) is 13.2 Å². The Morgan fingerprint density at radius 2 is 1.62 bits per heavy atom. The van der Waals surface area contributed by atoms with Crippen LogP contribution < -0.4 is 15.4 Å². The van der Waals surface area contributed by atoms with Gasteiger partial charge in [0.25, 0.3) is 0 Å². The molecule has 0 aliphatic heterocycles. The molecule has 3 aromatic rings. The molecule has 0 bridgehead atoms. The average Bonchev–Trinajstić information content (AvgIpc) is 2.82. The molecule has 0 saturated heterocycles. The zero-order chi connectivity index (χ0) is 26.6. The summed E-state index contributed by atoms with van der Waals surface area (Å²) in [6.45, 7) is 4.33. The van der Waals surface area contributed by atoms with Crippen LogP contribution in [0.15, 0.2) is 78.9 Å². The van der Waals surface area contributed by atoms with E-state index in [9.17, 15) is 18.0 Å². The zero-order valence-corrected chi connectivity index (χ0v) is 22.3. The predicted octanol–water partition coefficient (Wildman–Crippen LogP) is 8.15. The maximum Gasteiger partial charge on any atom is 0.416 e. The van der Waals surface area contributed by atoms with Gasteiger partial charge < -0.3 is 14.8 Å². The lowest BCUT2D eigenvalue weighted by Crippen LogP contribution is -2.17. The van der Waals surface area contributed by atoms with E-state index in [2.05, 4.69) is 10.6 Å². The molecule has 5 nitrogen and oxygen atoms in total. The van der Waals surface area contributed by atoms with Gasteiger partial charge in [0.15, 0.2) is 0 Å². The molecule has 3 aromatic carbocycles. The highest BCUT2D eigenvalue weighted by molar-refractivity contribution is 6.30. The number of benzene rings is 3. The topological polar surface area (TPSA) is 59.6 Å². The fourth-order valence-electron chi connectivity index (χ4n) is 3.05. The first-order valence-corrected chi connectivity index (χ1v) is 11.7. The summed E-state index contributed by atoms with van der Waals surface area (Å²) >= 11 is 5.74. The van der Waals surface area contributed by atoms with Crippen molar-refractivity contribution in [1.82, 2.24) is 5.32 Å². The Labute approximate surface area is 226 Å². The number of hydrogen-bond donors (Lipinski definition) is 2. The highest BCUT2D eigenvalue weighted by Crippen LogP contribution is 2.31. The molecule has 0 aliphatic carbocycles. The fourth-order valence-corrected chi connectivity index (χ4v) is 3.24. The van der Waals surface area contributed by atoms with Crippen LogP contribution in [0.25, 0.3) is 0 Å². The molecule has 0 fully saturated rings. The lowest BCUT2D eigenvalue weighted by atomic mass is 10.1. The third-order valence-corrected chi connectivity index (χ3v) is 4.94. The number of amides is 1. The zero-order valence-electron chi connectivity index (χ0n) is 20.7. The third kappa shape index (κ3) is 12.2. The maximum absolute atomic E-state index is 12.6. The van der Waals surface area contributed by atoms with Gasteiger partial charge in [-0.05, 0) is 75.5 Å². The van der Waals surface area contributed by atoms with Crippen LogP contribution in [0.1, 0.15) is 37.5 Å². The molecule has 3 rings (SSSR count). The van der Waals surface area contributed by atoms with Crippen LogP contribution in [0.5, 0.6) is 5.75 Å². The van der Waals surface area contributed by atoms with Gasteiger partial charge in [0.05, 0.1) is 11.7 Å². The molecule has 0 saturated carbocycles. The Balaban J connectivity index is 0.000000396. The molecule has 1 atom stereocenters. The Hall–Kier alpha value is -2.94. The summed E-state index contributed by atoms with van der Waals surface area (Å²) in [4.78, 5) is 11.2. The quantitative estimate of drug-likeness (QED) is 0.293. The highest BCUT2D eigenvalue weighted by atomic mass is 35.5. The second kappa shape index (κ2) is 16.0. The average molecular weight is 559 g/mol. The molecular formula is C27H31Cl2F3N2O3. The van der Waals surface area contributed by atoms with Crippen molar-refractivity contribution in [2.45, 2.75) is 38.7 Å². The summed E-state index contributed by atoms with van der Waals surface area (Å²) in [5.74, 6) is 0.429. The van der Waals surface area contributed by atoms with Gasteiger partial charge in [0, 0.05) is 17.1 Å². The summed E-state index contributed by atoms with van der Waals surface area (Å²) in [6.07, 6.45) is -4.41. The Morgan fingerprint density at radius 1 is 0.973 bits per heavy atom. The first-order chi connectivity index (χ1) is 17.1. The molecule has 10 heteroatoms. The van der Waals surface area contributed by atoms with Crippen LogP contribution >= 0.6 is 24.0 Å². The van der Waals surface area contributed by atoms with E-state index < -0.39 is 17.8 Å². The van der Waals surface area contributed by atoms with Gasteiger partial charge >= 0.3 is 12.3 Å². The van der Waals surface area contributed by atoms with Crippen molar-refractivity contribution in [3.8, 4) is 5.75 Å². The summed E-state index contributed by atoms with van der Waals surface area (Å²) in [7, 11) is 1.85. The van der Waals surface area contributed by atoms with Gasteiger partial charge in [-0.3, -0.25) is 5.32 Å². The van der Waals surface area contributed by atoms with Gasteiger partial charge in [-0.25, -0.2) is 4.79 Å². The van der Waals surface area contributed by atoms with Crippen LogP contribution in [0.2, 0.25) is 5.02 Å². The van der Waals surface area contributed by atoms with Crippen LogP contribution in [0, 0.1) is 0 Å². The third-order valence-electron chi connectivity index (χ3n) is 4.70. The predicted molar refractivity (Wildman–Crippen MR) is 144 cm³/mol. The van der Waals surface area contributed by atoms with Gasteiger partial charge in [0.2, 0.25) is 0 Å². The molecule has 0 spiro atoms. The monoisotopic (exact) mass is 558 g/mol. The lowest BCUT2D eigenvalue weighted by Gasteiger charge is -2.20. The minimum atomic E-state index is -4.33. The van der Waals surface area contributed by atoms with E-state index in [0.29, 0.717) is 16.5 Å². The highest BCUT2D eigenvalue weighted by Gasteiger charge is 2.30. The largest absolute Gasteiger partial charge is 0.486 e. The number of carbonyl (C=O) groups excluding carboxylic acids is 1. The first-order valence-electron chi connectivity index (χ1n) is 11.3. The van der Waals surface area contributed by atoms with E-state index in [1.807, 2.05) is 37.4 Å². The van der Waals surface area contributed by atoms with E-state index in [0.717, 1.165) is 30.7 Å². The fraction of sp³-hybridized carbons (Fsp3) is 0.296. The minimum Gasteiger partial charge on any atom is -0.486 e. The smallest absolute Gasteiger partial charge is 0.416 e. The molecule has 1 amide bonds. The molecule has 2 N–H and O–H groups in total. The molecule has 0 radical (unpaired) electrons. The van der Waals surface area contributed by atoms with E-state index in [-0.39, 0.29) is 24.6 Å². The number of halogens is 5. The van der Waals surface area contributed by atoms with Crippen LogP contribution in [0.4, 0.5) is 23.7 Å². The van der Waals surface area contributed by atoms with Crippen molar-refractivity contribution in [3.63, 3.8) is 0 Å². The van der Waals surface area contributed by atoms with E-state index in [4.69, 9.17) is 21.1 Å². The van der Waals surface area contributed by atoms with E-state index in [1.54, 1.807) is 38.1 Å². The summed E-state index contributed by atoms with van der Waals surface area (Å²) < 4.78 is 48.5. The molecule has 1 unspecified atom stereocenters. The van der Waals surface area contributed by atoms with Gasteiger partial charge in [-0.1, -0.05) is 48.0 Å². The van der Waals surface area contributed by atoms with Crippen LogP contribution in [0.3, 0.4) is 0 Å². The molecule has 0 aliphatic rings. The van der Waals surface area contributed by atoms with Crippen molar-refractivity contribution in [2.24, 2.45) is 0 Å². The normalized spacial score (nSPS) is 11.5. The summed E-state index contributed by atoms with van der Waals surface area (Å²) in [6, 6.07) is 21.3. The number of anilines is 1. The molecule has 0 heterocycles. The van der Waals surface area contributed by atoms with Crippen molar-refractivity contribution in [1.29, 1.82) is 0 Å². The molecule has 37 heavy (non-hydrogen) atoms. The molecule has 0 aromatic heterocycles. The summed E-state index contributed by atoms with van der Waals surface area (Å²) in [5.41, 5.74) is 0.951. The number of nitrogens with one attached hydrogen (secondary N) is 2.